The van der Waals surface area contributed by atoms with Crippen molar-refractivity contribution < 1.29 is 29.3 Å². The summed E-state index contributed by atoms with van der Waals surface area (Å²) in [5, 5.41) is 20.4. The van der Waals surface area contributed by atoms with Gasteiger partial charge in [0, 0.05) is 28.6 Å². The van der Waals surface area contributed by atoms with Crippen molar-refractivity contribution in [3.05, 3.63) is 53.3 Å². The zero-order chi connectivity index (χ0) is 20.9. The van der Waals surface area contributed by atoms with E-state index < -0.39 is 18.0 Å². The summed E-state index contributed by atoms with van der Waals surface area (Å²) in [6, 6.07) is 9.91. The molecule has 1 aromatic rings. The maximum atomic E-state index is 12.1. The molecule has 1 heterocycles. The molecule has 0 amide bonds. The van der Waals surface area contributed by atoms with Crippen LogP contribution in [0.1, 0.15) is 32.1 Å². The zero-order valence-electron chi connectivity index (χ0n) is 16.1. The minimum atomic E-state index is -0.810. The quantitative estimate of drug-likeness (QED) is 0.269. The van der Waals surface area contributed by atoms with Gasteiger partial charge in [-0.15, -0.1) is 23.5 Å². The number of aliphatic hydroxyl groups excluding tert-OH is 1. The summed E-state index contributed by atoms with van der Waals surface area (Å²) in [6.45, 7) is 0.429. The van der Waals surface area contributed by atoms with Crippen molar-refractivity contribution in [2.75, 3.05) is 18.1 Å². The van der Waals surface area contributed by atoms with Gasteiger partial charge in [-0.1, -0.05) is 18.2 Å². The molecular formula is C21H26O6S2. The largest absolute Gasteiger partial charge is 0.497 e. The second-order valence-corrected chi connectivity index (χ2v) is 8.45. The number of carbonyl (C=O) groups excluding carboxylic acids is 1. The van der Waals surface area contributed by atoms with Gasteiger partial charge in [0.25, 0.3) is 0 Å². The van der Waals surface area contributed by atoms with Gasteiger partial charge in [-0.2, -0.15) is 0 Å². The van der Waals surface area contributed by atoms with Crippen LogP contribution in [0, 0.1) is 0 Å². The summed E-state index contributed by atoms with van der Waals surface area (Å²) < 4.78 is 10.9. The van der Waals surface area contributed by atoms with Crippen molar-refractivity contribution in [2.45, 2.75) is 43.1 Å². The molecule has 1 unspecified atom stereocenters. The molecule has 0 aromatic heterocycles. The van der Waals surface area contributed by atoms with E-state index in [0.29, 0.717) is 43.1 Å². The fourth-order valence-electron chi connectivity index (χ4n) is 2.46. The van der Waals surface area contributed by atoms with Gasteiger partial charge in [-0.3, -0.25) is 9.59 Å². The summed E-state index contributed by atoms with van der Waals surface area (Å²) in [5.74, 6) is 1.16. The monoisotopic (exact) mass is 438 g/mol. The van der Waals surface area contributed by atoms with E-state index >= 15 is 0 Å². The number of aliphatic hydroxyl groups is 1. The van der Waals surface area contributed by atoms with Crippen LogP contribution < -0.4 is 0 Å². The van der Waals surface area contributed by atoms with Crippen LogP contribution in [0.4, 0.5) is 0 Å². The van der Waals surface area contributed by atoms with Crippen LogP contribution in [0.15, 0.2) is 58.2 Å². The van der Waals surface area contributed by atoms with Crippen molar-refractivity contribution >= 4 is 35.5 Å². The Morgan fingerprint density at radius 2 is 2.00 bits per heavy atom. The number of thioether (sulfide) groups is 2. The molecule has 1 atom stereocenters. The number of rotatable bonds is 13. The van der Waals surface area contributed by atoms with Crippen LogP contribution in [0.5, 0.6) is 0 Å². The van der Waals surface area contributed by atoms with E-state index in [0.717, 1.165) is 10.6 Å². The zero-order valence-corrected chi connectivity index (χ0v) is 17.8. The highest BCUT2D eigenvalue weighted by Crippen LogP contribution is 2.23. The molecular weight excluding hydrogens is 412 g/mol. The third-order valence-electron chi connectivity index (χ3n) is 3.90. The highest BCUT2D eigenvalue weighted by molar-refractivity contribution is 8.02. The van der Waals surface area contributed by atoms with Crippen LogP contribution in [-0.4, -0.2) is 46.4 Å². The van der Waals surface area contributed by atoms with Gasteiger partial charge in [0.05, 0.1) is 24.9 Å². The van der Waals surface area contributed by atoms with Crippen molar-refractivity contribution in [2.24, 2.45) is 0 Å². The number of carbonyl (C=O) groups is 2. The molecule has 8 heteroatoms. The predicted molar refractivity (Wildman–Crippen MR) is 115 cm³/mol. The highest BCUT2D eigenvalue weighted by atomic mass is 32.2. The van der Waals surface area contributed by atoms with E-state index in [9.17, 15) is 14.7 Å². The molecule has 0 saturated carbocycles. The SMILES string of the molecule is O=C(O)CCCCOC1=CC(OC(=O)CC(O)CCSc2ccccc2)=CSC1. The molecule has 1 aliphatic rings. The fourth-order valence-corrected chi connectivity index (χ4v) is 4.13. The van der Waals surface area contributed by atoms with E-state index in [4.69, 9.17) is 14.6 Å². The van der Waals surface area contributed by atoms with Gasteiger partial charge >= 0.3 is 11.9 Å². The predicted octanol–water partition coefficient (Wildman–Crippen LogP) is 4.21. The number of ether oxygens (including phenoxy) is 2. The van der Waals surface area contributed by atoms with Gasteiger partial charge < -0.3 is 19.7 Å². The Bertz CT molecular complexity index is 717. The number of hydrogen-bond acceptors (Lipinski definition) is 7. The molecule has 0 spiro atoms. The molecule has 6 nitrogen and oxygen atoms in total. The summed E-state index contributed by atoms with van der Waals surface area (Å²) in [7, 11) is 0. The Hall–Kier alpha value is -1.90. The maximum absolute atomic E-state index is 12.1. The third kappa shape index (κ3) is 10.4. The van der Waals surface area contributed by atoms with Gasteiger partial charge in [-0.25, -0.2) is 0 Å². The van der Waals surface area contributed by atoms with Crippen LogP contribution in [-0.2, 0) is 19.1 Å². The Balaban J connectivity index is 1.64. The minimum Gasteiger partial charge on any atom is -0.497 e. The lowest BCUT2D eigenvalue weighted by Gasteiger charge is -2.15. The van der Waals surface area contributed by atoms with Gasteiger partial charge in [-0.05, 0) is 31.4 Å². The molecule has 2 N–H and O–H groups in total. The molecule has 0 bridgehead atoms. The average Bonchev–Trinajstić information content (AvgIpc) is 2.68. The van der Waals surface area contributed by atoms with Crippen LogP contribution in [0.3, 0.4) is 0 Å². The molecule has 29 heavy (non-hydrogen) atoms. The molecule has 0 radical (unpaired) electrons. The Morgan fingerprint density at radius 3 is 2.76 bits per heavy atom. The Kier molecular flexibility index (Phi) is 10.8. The lowest BCUT2D eigenvalue weighted by molar-refractivity contribution is -0.141. The number of benzene rings is 1. The highest BCUT2D eigenvalue weighted by Gasteiger charge is 2.16. The maximum Gasteiger partial charge on any atom is 0.313 e. The van der Waals surface area contributed by atoms with E-state index in [-0.39, 0.29) is 12.8 Å². The summed E-state index contributed by atoms with van der Waals surface area (Å²) >= 11 is 3.10. The first kappa shape index (κ1) is 23.4. The molecule has 2 rings (SSSR count). The first-order chi connectivity index (χ1) is 14.0. The van der Waals surface area contributed by atoms with Gasteiger partial charge in [0.1, 0.15) is 11.5 Å². The van der Waals surface area contributed by atoms with E-state index in [1.165, 1.54) is 11.8 Å². The number of aliphatic carboxylic acids is 1. The average molecular weight is 439 g/mol. The molecule has 1 aliphatic heterocycles. The fraction of sp³-hybridized carbons (Fsp3) is 0.429. The normalized spacial score (nSPS) is 14.5. The molecule has 158 valence electrons. The first-order valence-electron chi connectivity index (χ1n) is 9.46. The van der Waals surface area contributed by atoms with Crippen LogP contribution >= 0.6 is 23.5 Å². The summed E-state index contributed by atoms with van der Waals surface area (Å²) in [5.41, 5.74) is 0. The van der Waals surface area contributed by atoms with E-state index in [2.05, 4.69) is 0 Å². The molecule has 0 fully saturated rings. The number of unbranched alkanes of at least 4 members (excludes halogenated alkanes) is 1. The standard InChI is InChI=1S/C21H26O6S2/c22-16(9-11-29-19-6-2-1-3-7-19)12-21(25)27-18-13-17(14-28-15-18)26-10-5-4-8-20(23)24/h1-3,6-7,13,15-16,22H,4-5,8-12,14H2,(H,23,24). The molecule has 1 aromatic carbocycles. The molecule has 0 aliphatic carbocycles. The number of carboxylic acid groups (broad SMARTS) is 1. The number of allylic oxidation sites excluding steroid dienone is 1. The van der Waals surface area contributed by atoms with Crippen molar-refractivity contribution in [3.8, 4) is 0 Å². The van der Waals surface area contributed by atoms with E-state index in [1.807, 2.05) is 30.3 Å². The minimum absolute atomic E-state index is 0.0590. The van der Waals surface area contributed by atoms with Crippen LogP contribution in [0.25, 0.3) is 0 Å². The Morgan fingerprint density at radius 1 is 1.21 bits per heavy atom. The lowest BCUT2D eigenvalue weighted by atomic mass is 10.2. The molecule has 0 saturated heterocycles. The van der Waals surface area contributed by atoms with E-state index in [1.54, 1.807) is 23.2 Å². The van der Waals surface area contributed by atoms with Gasteiger partial charge in [0.15, 0.2) is 0 Å². The smallest absolute Gasteiger partial charge is 0.313 e. The summed E-state index contributed by atoms with van der Waals surface area (Å²) in [4.78, 5) is 23.7. The third-order valence-corrected chi connectivity index (χ3v) is 5.79. The Labute approximate surface area is 179 Å². The number of hydrogen-bond donors (Lipinski definition) is 2. The van der Waals surface area contributed by atoms with Gasteiger partial charge in [0.2, 0.25) is 0 Å². The number of carboxylic acids is 1. The van der Waals surface area contributed by atoms with Crippen molar-refractivity contribution in [3.63, 3.8) is 0 Å². The second-order valence-electron chi connectivity index (χ2n) is 6.42. The lowest BCUT2D eigenvalue weighted by Crippen LogP contribution is -2.16. The van der Waals surface area contributed by atoms with Crippen LogP contribution in [0.2, 0.25) is 0 Å². The second kappa shape index (κ2) is 13.3. The summed E-state index contributed by atoms with van der Waals surface area (Å²) in [6.07, 6.45) is 2.72. The van der Waals surface area contributed by atoms with Crippen molar-refractivity contribution in [1.82, 2.24) is 0 Å². The number of esters is 1. The first-order valence-corrected chi connectivity index (χ1v) is 11.5. The topological polar surface area (TPSA) is 93.1 Å². The van der Waals surface area contributed by atoms with Crippen molar-refractivity contribution in [1.29, 1.82) is 0 Å².